The molecule has 1 rings (SSSR count). The molecule has 0 aliphatic carbocycles. The zero-order valence-corrected chi connectivity index (χ0v) is 14.8. The number of halogens is 2. The van der Waals surface area contributed by atoms with Gasteiger partial charge < -0.3 is 10.2 Å². The lowest BCUT2D eigenvalue weighted by Gasteiger charge is -2.18. The van der Waals surface area contributed by atoms with Crippen molar-refractivity contribution in [1.82, 2.24) is 20.0 Å². The predicted octanol–water partition coefficient (Wildman–Crippen LogP) is 2.88. The lowest BCUT2D eigenvalue weighted by atomic mass is 10.3. The molecule has 1 N–H and O–H groups in total. The van der Waals surface area contributed by atoms with Gasteiger partial charge in [0.25, 0.3) is 0 Å². The summed E-state index contributed by atoms with van der Waals surface area (Å²) >= 11 is 0. The van der Waals surface area contributed by atoms with Gasteiger partial charge in [0.1, 0.15) is 0 Å². The number of hydrogen-bond donors (Lipinski definition) is 1. The highest BCUT2D eigenvalue weighted by atomic mass is 35.5. The number of nitrogens with one attached hydrogen (secondary N) is 1. The van der Waals surface area contributed by atoms with Crippen molar-refractivity contribution in [3.63, 3.8) is 0 Å². The molecule has 6 heteroatoms. The maximum absolute atomic E-state index is 4.51. The second-order valence-electron chi connectivity index (χ2n) is 4.70. The maximum atomic E-state index is 4.51. The SMILES string of the molecule is CCCn1nc(C)cc1CNCCN(CC)CC.Cl.Cl. The van der Waals surface area contributed by atoms with Crippen LogP contribution in [0.15, 0.2) is 6.07 Å². The Hall–Kier alpha value is -0.290. The molecule has 1 heterocycles. The van der Waals surface area contributed by atoms with Gasteiger partial charge in [0.05, 0.1) is 11.4 Å². The van der Waals surface area contributed by atoms with Crippen LogP contribution in [-0.4, -0.2) is 40.9 Å². The molecule has 0 aliphatic heterocycles. The molecule has 0 fully saturated rings. The van der Waals surface area contributed by atoms with Gasteiger partial charge in [-0.25, -0.2) is 0 Å². The summed E-state index contributed by atoms with van der Waals surface area (Å²) in [6.45, 7) is 15.0. The lowest BCUT2D eigenvalue weighted by molar-refractivity contribution is 0.301. The van der Waals surface area contributed by atoms with Crippen molar-refractivity contribution in [1.29, 1.82) is 0 Å². The van der Waals surface area contributed by atoms with Crippen molar-refractivity contribution in [2.45, 2.75) is 47.2 Å². The van der Waals surface area contributed by atoms with Crippen LogP contribution < -0.4 is 5.32 Å². The van der Waals surface area contributed by atoms with Gasteiger partial charge in [0.2, 0.25) is 0 Å². The van der Waals surface area contributed by atoms with Gasteiger partial charge in [0, 0.05) is 26.2 Å². The summed E-state index contributed by atoms with van der Waals surface area (Å²) in [5.41, 5.74) is 2.41. The average Bonchev–Trinajstić information content (AvgIpc) is 2.70. The van der Waals surface area contributed by atoms with E-state index in [9.17, 15) is 0 Å². The molecule has 1 aromatic heterocycles. The Kier molecular flexibility index (Phi) is 13.7. The first-order valence-electron chi connectivity index (χ1n) is 7.17. The molecule has 0 radical (unpaired) electrons. The van der Waals surface area contributed by atoms with Gasteiger partial charge >= 0.3 is 0 Å². The fraction of sp³-hybridized carbons (Fsp3) is 0.786. The van der Waals surface area contributed by atoms with E-state index in [0.717, 1.165) is 51.4 Å². The van der Waals surface area contributed by atoms with Crippen molar-refractivity contribution in [2.75, 3.05) is 26.2 Å². The molecule has 20 heavy (non-hydrogen) atoms. The van der Waals surface area contributed by atoms with Gasteiger partial charge in [-0.1, -0.05) is 20.8 Å². The van der Waals surface area contributed by atoms with E-state index in [-0.39, 0.29) is 24.8 Å². The Morgan fingerprint density at radius 3 is 2.40 bits per heavy atom. The van der Waals surface area contributed by atoms with Crippen LogP contribution in [0.2, 0.25) is 0 Å². The largest absolute Gasteiger partial charge is 0.310 e. The molecule has 1 aromatic rings. The first-order chi connectivity index (χ1) is 8.71. The summed E-state index contributed by atoms with van der Waals surface area (Å²) in [4.78, 5) is 2.43. The number of hydrogen-bond acceptors (Lipinski definition) is 3. The number of aromatic nitrogens is 2. The first kappa shape index (κ1) is 22.0. The van der Waals surface area contributed by atoms with E-state index >= 15 is 0 Å². The molecule has 0 aromatic carbocycles. The summed E-state index contributed by atoms with van der Waals surface area (Å²) in [5.74, 6) is 0. The standard InChI is InChI=1S/C14H28N4.2ClH/c1-5-9-18-14(11-13(4)16-18)12-15-8-10-17(6-2)7-3;;/h11,15H,5-10,12H2,1-4H3;2*1H. The van der Waals surface area contributed by atoms with Gasteiger partial charge in [-0.15, -0.1) is 24.8 Å². The van der Waals surface area contributed by atoms with E-state index in [0.29, 0.717) is 0 Å². The summed E-state index contributed by atoms with van der Waals surface area (Å²) in [6, 6.07) is 2.18. The Morgan fingerprint density at radius 1 is 1.20 bits per heavy atom. The van der Waals surface area contributed by atoms with Crippen LogP contribution in [0.25, 0.3) is 0 Å². The highest BCUT2D eigenvalue weighted by Gasteiger charge is 2.04. The molecule has 0 spiro atoms. The zero-order chi connectivity index (χ0) is 13.4. The monoisotopic (exact) mass is 324 g/mol. The summed E-state index contributed by atoms with van der Waals surface area (Å²) in [7, 11) is 0. The second-order valence-corrected chi connectivity index (χ2v) is 4.70. The Balaban J connectivity index is 0. The first-order valence-corrected chi connectivity index (χ1v) is 7.17. The summed E-state index contributed by atoms with van der Waals surface area (Å²) in [5, 5.41) is 8.02. The highest BCUT2D eigenvalue weighted by Crippen LogP contribution is 2.04. The third-order valence-electron chi connectivity index (χ3n) is 3.23. The smallest absolute Gasteiger partial charge is 0.0597 e. The highest BCUT2D eigenvalue weighted by molar-refractivity contribution is 5.85. The summed E-state index contributed by atoms with van der Waals surface area (Å²) < 4.78 is 2.12. The minimum atomic E-state index is 0. The Bertz CT molecular complexity index is 338. The molecular formula is C14H30Cl2N4. The van der Waals surface area contributed by atoms with Gasteiger partial charge in [-0.3, -0.25) is 4.68 Å². The minimum absolute atomic E-state index is 0. The van der Waals surface area contributed by atoms with Crippen LogP contribution >= 0.6 is 24.8 Å². The van der Waals surface area contributed by atoms with Crippen LogP contribution in [0, 0.1) is 6.92 Å². The minimum Gasteiger partial charge on any atom is -0.310 e. The number of nitrogens with zero attached hydrogens (tertiary/aromatic N) is 3. The van der Waals surface area contributed by atoms with Crippen LogP contribution in [0.4, 0.5) is 0 Å². The Labute approximate surface area is 136 Å². The second kappa shape index (κ2) is 12.5. The van der Waals surface area contributed by atoms with Crippen molar-refractivity contribution in [3.8, 4) is 0 Å². The van der Waals surface area contributed by atoms with E-state index in [1.165, 1.54) is 5.69 Å². The third kappa shape index (κ3) is 7.48. The zero-order valence-electron chi connectivity index (χ0n) is 13.2. The number of rotatable bonds is 9. The van der Waals surface area contributed by atoms with Crippen LogP contribution in [0.1, 0.15) is 38.6 Å². The molecule has 4 nitrogen and oxygen atoms in total. The Morgan fingerprint density at radius 2 is 1.85 bits per heavy atom. The molecule has 0 amide bonds. The fourth-order valence-electron chi connectivity index (χ4n) is 2.14. The molecular weight excluding hydrogens is 295 g/mol. The molecule has 0 saturated heterocycles. The fourth-order valence-corrected chi connectivity index (χ4v) is 2.14. The lowest BCUT2D eigenvalue weighted by Crippen LogP contribution is -2.32. The van der Waals surface area contributed by atoms with Crippen molar-refractivity contribution >= 4 is 24.8 Å². The van der Waals surface area contributed by atoms with Crippen LogP contribution in [0.5, 0.6) is 0 Å². The van der Waals surface area contributed by atoms with Gasteiger partial charge in [-0.2, -0.15) is 5.10 Å². The molecule has 0 unspecified atom stereocenters. The normalized spacial score (nSPS) is 10.2. The third-order valence-corrected chi connectivity index (χ3v) is 3.23. The van der Waals surface area contributed by atoms with E-state index < -0.39 is 0 Å². The van der Waals surface area contributed by atoms with Crippen LogP contribution in [0.3, 0.4) is 0 Å². The summed E-state index contributed by atoms with van der Waals surface area (Å²) in [6.07, 6.45) is 1.13. The van der Waals surface area contributed by atoms with Crippen molar-refractivity contribution < 1.29 is 0 Å². The van der Waals surface area contributed by atoms with E-state index in [1.54, 1.807) is 0 Å². The van der Waals surface area contributed by atoms with Gasteiger partial charge in [0.15, 0.2) is 0 Å². The average molecular weight is 325 g/mol. The molecule has 0 saturated carbocycles. The van der Waals surface area contributed by atoms with Crippen LogP contribution in [-0.2, 0) is 13.1 Å². The quantitative estimate of drug-likeness (QED) is 0.709. The maximum Gasteiger partial charge on any atom is 0.0597 e. The van der Waals surface area contributed by atoms with E-state index in [1.807, 2.05) is 0 Å². The molecule has 120 valence electrons. The predicted molar refractivity (Wildman–Crippen MR) is 91.2 cm³/mol. The van der Waals surface area contributed by atoms with Crippen molar-refractivity contribution in [3.05, 3.63) is 17.5 Å². The molecule has 0 bridgehead atoms. The molecule has 0 atom stereocenters. The number of aryl methyl sites for hydroxylation is 2. The number of likely N-dealkylation sites (N-methyl/N-ethyl adjacent to an activating group) is 1. The van der Waals surface area contributed by atoms with Crippen molar-refractivity contribution in [2.24, 2.45) is 0 Å². The van der Waals surface area contributed by atoms with E-state index in [2.05, 4.69) is 53.8 Å². The van der Waals surface area contributed by atoms with E-state index in [4.69, 9.17) is 0 Å². The topological polar surface area (TPSA) is 33.1 Å². The van der Waals surface area contributed by atoms with Gasteiger partial charge in [-0.05, 0) is 32.5 Å². The molecule has 0 aliphatic rings.